The van der Waals surface area contributed by atoms with E-state index in [-0.39, 0.29) is 0 Å². The molecule has 0 fully saturated rings. The average Bonchev–Trinajstić information content (AvgIpc) is 2.36. The van der Waals surface area contributed by atoms with Crippen molar-refractivity contribution in [2.24, 2.45) is 5.92 Å². The van der Waals surface area contributed by atoms with Crippen LogP contribution in [0.3, 0.4) is 0 Å². The lowest BCUT2D eigenvalue weighted by molar-refractivity contribution is 0.546. The zero-order chi connectivity index (χ0) is 13.4. The number of hydrogen-bond donors (Lipinski definition) is 1. The Labute approximate surface area is 110 Å². The molecule has 4 nitrogen and oxygen atoms in total. The second-order valence-corrected chi connectivity index (χ2v) is 4.73. The van der Waals surface area contributed by atoms with E-state index in [2.05, 4.69) is 47.8 Å². The summed E-state index contributed by atoms with van der Waals surface area (Å²) in [6.07, 6.45) is 1.88. The second-order valence-electron chi connectivity index (χ2n) is 4.73. The van der Waals surface area contributed by atoms with Crippen LogP contribution in [0.2, 0.25) is 0 Å². The third-order valence-electron chi connectivity index (χ3n) is 2.62. The first kappa shape index (κ1) is 14.6. The van der Waals surface area contributed by atoms with Crippen molar-refractivity contribution in [1.82, 2.24) is 15.5 Å². The van der Waals surface area contributed by atoms with E-state index in [0.717, 1.165) is 37.7 Å². The highest BCUT2D eigenvalue weighted by atomic mass is 15.3. The highest BCUT2D eigenvalue weighted by Crippen LogP contribution is 2.09. The molecule has 4 heteroatoms. The first-order valence-electron chi connectivity index (χ1n) is 6.56. The summed E-state index contributed by atoms with van der Waals surface area (Å²) in [4.78, 5) is 2.13. The van der Waals surface area contributed by atoms with Crippen molar-refractivity contribution < 1.29 is 0 Å². The van der Waals surface area contributed by atoms with Crippen LogP contribution in [0.5, 0.6) is 0 Å². The zero-order valence-corrected chi connectivity index (χ0v) is 11.7. The van der Waals surface area contributed by atoms with Crippen LogP contribution >= 0.6 is 0 Å². The maximum absolute atomic E-state index is 4.25. The van der Waals surface area contributed by atoms with E-state index in [1.807, 2.05) is 18.2 Å². The molecule has 0 atom stereocenters. The molecule has 0 aliphatic rings. The smallest absolute Gasteiger partial charge is 0.151 e. The lowest BCUT2D eigenvalue weighted by atomic mass is 10.2. The van der Waals surface area contributed by atoms with E-state index >= 15 is 0 Å². The molecule has 1 aromatic rings. The van der Waals surface area contributed by atoms with Gasteiger partial charge in [-0.15, -0.1) is 11.7 Å². The molecule has 1 rings (SSSR count). The van der Waals surface area contributed by atoms with Crippen LogP contribution in [-0.2, 0) is 6.54 Å². The minimum Gasteiger partial charge on any atom is -0.352 e. The SMILES string of the molecule is C=CCN(CC)c1ccc(CNCC(C)C)nn1. The molecule has 0 spiro atoms. The van der Waals surface area contributed by atoms with Crippen molar-refractivity contribution in [3.05, 3.63) is 30.5 Å². The van der Waals surface area contributed by atoms with Gasteiger partial charge in [-0.1, -0.05) is 19.9 Å². The first-order chi connectivity index (χ1) is 8.67. The number of rotatable bonds is 8. The molecule has 1 aromatic heterocycles. The number of aromatic nitrogens is 2. The molecule has 1 N–H and O–H groups in total. The topological polar surface area (TPSA) is 41.0 Å². The average molecular weight is 248 g/mol. The van der Waals surface area contributed by atoms with E-state index in [1.165, 1.54) is 0 Å². The Balaban J connectivity index is 2.53. The van der Waals surface area contributed by atoms with Crippen molar-refractivity contribution in [3.8, 4) is 0 Å². The molecule has 0 aromatic carbocycles. The van der Waals surface area contributed by atoms with Crippen LogP contribution in [0.4, 0.5) is 5.82 Å². The van der Waals surface area contributed by atoms with Gasteiger partial charge in [-0.3, -0.25) is 0 Å². The Morgan fingerprint density at radius 2 is 2.17 bits per heavy atom. The van der Waals surface area contributed by atoms with Gasteiger partial charge in [-0.25, -0.2) is 0 Å². The molecule has 0 saturated carbocycles. The molecule has 0 aliphatic carbocycles. The molecule has 100 valence electrons. The number of nitrogens with one attached hydrogen (secondary N) is 1. The molecule has 0 unspecified atom stereocenters. The van der Waals surface area contributed by atoms with Gasteiger partial charge in [0.1, 0.15) is 0 Å². The van der Waals surface area contributed by atoms with Crippen LogP contribution in [0.1, 0.15) is 26.5 Å². The maximum Gasteiger partial charge on any atom is 0.151 e. The Morgan fingerprint density at radius 3 is 2.67 bits per heavy atom. The van der Waals surface area contributed by atoms with Crippen molar-refractivity contribution in [2.75, 3.05) is 24.5 Å². The van der Waals surface area contributed by atoms with Gasteiger partial charge >= 0.3 is 0 Å². The normalized spacial score (nSPS) is 10.7. The van der Waals surface area contributed by atoms with Crippen LogP contribution in [-0.4, -0.2) is 29.8 Å². The predicted octanol–water partition coefficient (Wildman–Crippen LogP) is 2.23. The Morgan fingerprint density at radius 1 is 1.39 bits per heavy atom. The van der Waals surface area contributed by atoms with Crippen LogP contribution in [0.15, 0.2) is 24.8 Å². The summed E-state index contributed by atoms with van der Waals surface area (Å²) < 4.78 is 0. The summed E-state index contributed by atoms with van der Waals surface area (Å²) >= 11 is 0. The second kappa shape index (κ2) is 7.82. The van der Waals surface area contributed by atoms with Crippen molar-refractivity contribution in [2.45, 2.75) is 27.3 Å². The maximum atomic E-state index is 4.25. The minimum atomic E-state index is 0.653. The van der Waals surface area contributed by atoms with E-state index in [0.29, 0.717) is 5.92 Å². The number of anilines is 1. The molecule has 0 amide bonds. The van der Waals surface area contributed by atoms with Gasteiger partial charge in [0.05, 0.1) is 5.69 Å². The van der Waals surface area contributed by atoms with Crippen LogP contribution in [0.25, 0.3) is 0 Å². The Kier molecular flexibility index (Phi) is 6.36. The van der Waals surface area contributed by atoms with Gasteiger partial charge in [-0.2, -0.15) is 5.10 Å². The molecular weight excluding hydrogens is 224 g/mol. The van der Waals surface area contributed by atoms with Gasteiger partial charge in [0.2, 0.25) is 0 Å². The highest BCUT2D eigenvalue weighted by Gasteiger charge is 2.04. The van der Waals surface area contributed by atoms with Gasteiger partial charge in [-0.05, 0) is 31.5 Å². The minimum absolute atomic E-state index is 0.653. The summed E-state index contributed by atoms with van der Waals surface area (Å²) in [6, 6.07) is 4.05. The Hall–Kier alpha value is -1.42. The number of nitrogens with zero attached hydrogens (tertiary/aromatic N) is 3. The number of likely N-dealkylation sites (N-methyl/N-ethyl adjacent to an activating group) is 1. The van der Waals surface area contributed by atoms with Crippen LogP contribution < -0.4 is 10.2 Å². The van der Waals surface area contributed by atoms with Gasteiger partial charge < -0.3 is 10.2 Å². The molecule has 0 saturated heterocycles. The fraction of sp³-hybridized carbons (Fsp3) is 0.571. The van der Waals surface area contributed by atoms with E-state index in [9.17, 15) is 0 Å². The third kappa shape index (κ3) is 4.84. The fourth-order valence-corrected chi connectivity index (χ4v) is 1.65. The van der Waals surface area contributed by atoms with Crippen molar-refractivity contribution in [3.63, 3.8) is 0 Å². The summed E-state index contributed by atoms with van der Waals surface area (Å²) in [6.45, 7) is 13.7. The van der Waals surface area contributed by atoms with E-state index in [1.54, 1.807) is 0 Å². The number of hydrogen-bond acceptors (Lipinski definition) is 4. The largest absolute Gasteiger partial charge is 0.352 e. The van der Waals surface area contributed by atoms with Gasteiger partial charge in [0.25, 0.3) is 0 Å². The summed E-state index contributed by atoms with van der Waals surface area (Å²) in [5.41, 5.74) is 0.981. The summed E-state index contributed by atoms with van der Waals surface area (Å²) in [7, 11) is 0. The van der Waals surface area contributed by atoms with Gasteiger partial charge in [0, 0.05) is 19.6 Å². The molecule has 1 heterocycles. The fourth-order valence-electron chi connectivity index (χ4n) is 1.65. The molecular formula is C14H24N4. The zero-order valence-electron chi connectivity index (χ0n) is 11.7. The lowest BCUT2D eigenvalue weighted by Gasteiger charge is -2.19. The van der Waals surface area contributed by atoms with Crippen molar-refractivity contribution in [1.29, 1.82) is 0 Å². The lowest BCUT2D eigenvalue weighted by Crippen LogP contribution is -2.24. The standard InChI is InChI=1S/C14H24N4/c1-5-9-18(6-2)14-8-7-13(16-17-14)11-15-10-12(3)4/h5,7-8,12,15H,1,6,9-11H2,2-4H3. The van der Waals surface area contributed by atoms with Crippen LogP contribution in [0, 0.1) is 5.92 Å². The quantitative estimate of drug-likeness (QED) is 0.716. The third-order valence-corrected chi connectivity index (χ3v) is 2.62. The molecule has 0 aliphatic heterocycles. The Bertz CT molecular complexity index is 345. The summed E-state index contributed by atoms with van der Waals surface area (Å²) in [5.74, 6) is 1.56. The molecule has 0 radical (unpaired) electrons. The molecule has 18 heavy (non-hydrogen) atoms. The van der Waals surface area contributed by atoms with Crippen molar-refractivity contribution >= 4 is 5.82 Å². The monoisotopic (exact) mass is 248 g/mol. The summed E-state index contributed by atoms with van der Waals surface area (Å²) in [5, 5.41) is 11.8. The molecule has 0 bridgehead atoms. The first-order valence-corrected chi connectivity index (χ1v) is 6.56. The predicted molar refractivity (Wildman–Crippen MR) is 76.7 cm³/mol. The van der Waals surface area contributed by atoms with Gasteiger partial charge in [0.15, 0.2) is 5.82 Å². The van der Waals surface area contributed by atoms with E-state index < -0.39 is 0 Å². The van der Waals surface area contributed by atoms with E-state index in [4.69, 9.17) is 0 Å². The highest BCUT2D eigenvalue weighted by molar-refractivity contribution is 5.37.